The molecule has 1 fully saturated rings. The zero-order valence-electron chi connectivity index (χ0n) is 13.4. The maximum atomic E-state index is 13.0. The van der Waals surface area contributed by atoms with E-state index < -0.39 is 5.92 Å². The van der Waals surface area contributed by atoms with E-state index in [2.05, 4.69) is 5.32 Å². The summed E-state index contributed by atoms with van der Waals surface area (Å²) in [5.41, 5.74) is 0.551. The average molecular weight is 304 g/mol. The zero-order valence-corrected chi connectivity index (χ0v) is 13.4. The van der Waals surface area contributed by atoms with Gasteiger partial charge in [0.25, 0.3) is 0 Å². The SMILES string of the molecule is CC(C)(C)[C@H]1CNC(=O)[C@@H]1C(=O)N(CCO)c1ccccc1. The van der Waals surface area contributed by atoms with Crippen molar-refractivity contribution in [3.05, 3.63) is 30.3 Å². The van der Waals surface area contributed by atoms with Gasteiger partial charge in [-0.1, -0.05) is 39.0 Å². The molecule has 1 saturated heterocycles. The van der Waals surface area contributed by atoms with Crippen molar-refractivity contribution in [2.24, 2.45) is 17.3 Å². The van der Waals surface area contributed by atoms with Gasteiger partial charge in [0.2, 0.25) is 11.8 Å². The first-order valence-electron chi connectivity index (χ1n) is 7.61. The van der Waals surface area contributed by atoms with Crippen molar-refractivity contribution in [2.45, 2.75) is 20.8 Å². The predicted octanol–water partition coefficient (Wildman–Crippen LogP) is 1.42. The summed E-state index contributed by atoms with van der Waals surface area (Å²) in [4.78, 5) is 26.7. The van der Waals surface area contributed by atoms with E-state index in [1.54, 1.807) is 0 Å². The molecule has 22 heavy (non-hydrogen) atoms. The van der Waals surface area contributed by atoms with Crippen LogP contribution in [0.2, 0.25) is 0 Å². The third kappa shape index (κ3) is 3.30. The van der Waals surface area contributed by atoms with Crippen LogP contribution in [0.5, 0.6) is 0 Å². The van der Waals surface area contributed by atoms with Crippen LogP contribution < -0.4 is 10.2 Å². The highest BCUT2D eigenvalue weighted by atomic mass is 16.3. The number of amides is 2. The van der Waals surface area contributed by atoms with Crippen LogP contribution in [0.4, 0.5) is 5.69 Å². The molecule has 2 rings (SSSR count). The van der Waals surface area contributed by atoms with E-state index in [1.165, 1.54) is 4.90 Å². The van der Waals surface area contributed by atoms with E-state index >= 15 is 0 Å². The molecule has 0 saturated carbocycles. The van der Waals surface area contributed by atoms with Gasteiger partial charge < -0.3 is 15.3 Å². The molecule has 1 aliphatic heterocycles. The van der Waals surface area contributed by atoms with E-state index in [0.717, 1.165) is 0 Å². The zero-order chi connectivity index (χ0) is 16.3. The Hall–Kier alpha value is -1.88. The van der Waals surface area contributed by atoms with E-state index in [0.29, 0.717) is 12.2 Å². The number of benzene rings is 1. The molecule has 5 heteroatoms. The second-order valence-electron chi connectivity index (χ2n) is 6.74. The maximum absolute atomic E-state index is 13.0. The first-order valence-corrected chi connectivity index (χ1v) is 7.61. The predicted molar refractivity (Wildman–Crippen MR) is 85.3 cm³/mol. The third-order valence-corrected chi connectivity index (χ3v) is 4.22. The van der Waals surface area contributed by atoms with Gasteiger partial charge in [-0.2, -0.15) is 0 Å². The molecule has 0 unspecified atom stereocenters. The largest absolute Gasteiger partial charge is 0.395 e. The van der Waals surface area contributed by atoms with Crippen LogP contribution in [0.1, 0.15) is 20.8 Å². The van der Waals surface area contributed by atoms with Crippen LogP contribution in [-0.2, 0) is 9.59 Å². The number of para-hydroxylation sites is 1. The van der Waals surface area contributed by atoms with Gasteiger partial charge >= 0.3 is 0 Å². The average Bonchev–Trinajstić information content (AvgIpc) is 2.87. The van der Waals surface area contributed by atoms with Crippen molar-refractivity contribution in [3.8, 4) is 0 Å². The number of carbonyl (C=O) groups excluding carboxylic acids is 2. The van der Waals surface area contributed by atoms with Crippen molar-refractivity contribution < 1.29 is 14.7 Å². The van der Waals surface area contributed by atoms with Crippen molar-refractivity contribution in [2.75, 3.05) is 24.6 Å². The Kier molecular flexibility index (Phi) is 4.86. The molecule has 1 aromatic rings. The Bertz CT molecular complexity index is 537. The lowest BCUT2D eigenvalue weighted by molar-refractivity contribution is -0.133. The number of nitrogens with zero attached hydrogens (tertiary/aromatic N) is 1. The van der Waals surface area contributed by atoms with E-state index in [-0.39, 0.29) is 36.3 Å². The molecule has 0 radical (unpaired) electrons. The highest BCUT2D eigenvalue weighted by Crippen LogP contribution is 2.36. The molecule has 2 amide bonds. The van der Waals surface area contributed by atoms with Gasteiger partial charge in [0.15, 0.2) is 0 Å². The molecule has 0 bridgehead atoms. The number of hydrogen-bond donors (Lipinski definition) is 2. The molecular weight excluding hydrogens is 280 g/mol. The first kappa shape index (κ1) is 16.5. The summed E-state index contributed by atoms with van der Waals surface area (Å²) in [6, 6.07) is 9.16. The van der Waals surface area contributed by atoms with Crippen molar-refractivity contribution in [1.29, 1.82) is 0 Å². The fourth-order valence-electron chi connectivity index (χ4n) is 2.95. The van der Waals surface area contributed by atoms with Gasteiger partial charge in [0.1, 0.15) is 5.92 Å². The minimum atomic E-state index is -0.702. The lowest BCUT2D eigenvalue weighted by Crippen LogP contribution is -2.45. The summed E-state index contributed by atoms with van der Waals surface area (Å²) >= 11 is 0. The Balaban J connectivity index is 2.31. The number of hydrogen-bond acceptors (Lipinski definition) is 3. The normalized spacial score (nSPS) is 21.5. The Morgan fingerprint density at radius 1 is 1.32 bits per heavy atom. The summed E-state index contributed by atoms with van der Waals surface area (Å²) in [6.07, 6.45) is 0. The fourth-order valence-corrected chi connectivity index (χ4v) is 2.95. The molecule has 5 nitrogen and oxygen atoms in total. The van der Waals surface area contributed by atoms with Crippen LogP contribution in [0.25, 0.3) is 0 Å². The van der Waals surface area contributed by atoms with Crippen LogP contribution in [0, 0.1) is 17.3 Å². The molecule has 1 aliphatic rings. The quantitative estimate of drug-likeness (QED) is 0.827. The standard InChI is InChI=1S/C17H24N2O3/c1-17(2,3)13-11-18-15(21)14(13)16(22)19(9-10-20)12-7-5-4-6-8-12/h4-8,13-14,20H,9-11H2,1-3H3,(H,18,21)/t13-,14+/m0/s1. The first-order chi connectivity index (χ1) is 10.4. The van der Waals surface area contributed by atoms with E-state index in [1.807, 2.05) is 51.1 Å². The van der Waals surface area contributed by atoms with Gasteiger partial charge in [0, 0.05) is 24.7 Å². The maximum Gasteiger partial charge on any atom is 0.240 e. The molecule has 120 valence electrons. The molecule has 1 aromatic carbocycles. The third-order valence-electron chi connectivity index (χ3n) is 4.22. The second kappa shape index (κ2) is 6.48. The highest BCUT2D eigenvalue weighted by molar-refractivity contribution is 6.09. The Labute approximate surface area is 131 Å². The van der Waals surface area contributed by atoms with Gasteiger partial charge in [-0.3, -0.25) is 9.59 Å². The Morgan fingerprint density at radius 3 is 2.50 bits per heavy atom. The molecule has 0 aromatic heterocycles. The number of nitrogens with one attached hydrogen (secondary N) is 1. The summed E-state index contributed by atoms with van der Waals surface area (Å²) in [6.45, 7) is 6.67. The minimum absolute atomic E-state index is 0.0580. The molecule has 2 atom stereocenters. The summed E-state index contributed by atoms with van der Waals surface area (Å²) in [5.74, 6) is -1.22. The lowest BCUT2D eigenvalue weighted by Gasteiger charge is -2.32. The molecular formula is C17H24N2O3. The smallest absolute Gasteiger partial charge is 0.240 e. The Morgan fingerprint density at radius 2 is 1.95 bits per heavy atom. The van der Waals surface area contributed by atoms with Crippen LogP contribution in [-0.4, -0.2) is 36.6 Å². The second-order valence-corrected chi connectivity index (χ2v) is 6.74. The van der Waals surface area contributed by atoms with Crippen LogP contribution in [0.15, 0.2) is 30.3 Å². The highest BCUT2D eigenvalue weighted by Gasteiger charge is 2.47. The van der Waals surface area contributed by atoms with Crippen molar-refractivity contribution >= 4 is 17.5 Å². The van der Waals surface area contributed by atoms with Crippen molar-refractivity contribution in [3.63, 3.8) is 0 Å². The fraction of sp³-hybridized carbons (Fsp3) is 0.529. The number of rotatable bonds is 4. The molecule has 2 N–H and O–H groups in total. The van der Waals surface area contributed by atoms with Crippen LogP contribution in [0.3, 0.4) is 0 Å². The summed E-state index contributed by atoms with van der Waals surface area (Å²) < 4.78 is 0. The van der Waals surface area contributed by atoms with E-state index in [9.17, 15) is 14.7 Å². The van der Waals surface area contributed by atoms with Gasteiger partial charge in [-0.15, -0.1) is 0 Å². The monoisotopic (exact) mass is 304 g/mol. The topological polar surface area (TPSA) is 69.6 Å². The number of aliphatic hydroxyl groups is 1. The molecule has 1 heterocycles. The minimum Gasteiger partial charge on any atom is -0.395 e. The lowest BCUT2D eigenvalue weighted by atomic mass is 9.74. The molecule has 0 aliphatic carbocycles. The number of anilines is 1. The van der Waals surface area contributed by atoms with E-state index in [4.69, 9.17) is 0 Å². The summed E-state index contributed by atoms with van der Waals surface area (Å²) in [5, 5.41) is 12.1. The molecule has 0 spiro atoms. The van der Waals surface area contributed by atoms with Crippen LogP contribution >= 0.6 is 0 Å². The number of carbonyl (C=O) groups is 2. The van der Waals surface area contributed by atoms with Crippen molar-refractivity contribution in [1.82, 2.24) is 5.32 Å². The number of aliphatic hydroxyl groups excluding tert-OH is 1. The van der Waals surface area contributed by atoms with Gasteiger partial charge in [0.05, 0.1) is 6.61 Å². The van der Waals surface area contributed by atoms with Gasteiger partial charge in [-0.05, 0) is 17.5 Å². The van der Waals surface area contributed by atoms with Gasteiger partial charge in [-0.25, -0.2) is 0 Å². The summed E-state index contributed by atoms with van der Waals surface area (Å²) in [7, 11) is 0.